The predicted molar refractivity (Wildman–Crippen MR) is 96.4 cm³/mol. The fourth-order valence-electron chi connectivity index (χ4n) is 2.54. The standard InChI is InChI=1S/C19H18ClNO4/c1-3-24-17-10-13(8-14(20)18(17)22)19(23)21-11(2)16-9-12-6-4-5-7-15(12)25-16/h4-11,22H,3H2,1-2H3,(H,21,23). The summed E-state index contributed by atoms with van der Waals surface area (Å²) in [6.07, 6.45) is 0. The number of ether oxygens (including phenoxy) is 1. The third-order valence-electron chi connectivity index (χ3n) is 3.81. The summed E-state index contributed by atoms with van der Waals surface area (Å²) >= 11 is 5.98. The molecule has 0 saturated carbocycles. The number of amides is 1. The lowest BCUT2D eigenvalue weighted by Gasteiger charge is -2.13. The van der Waals surface area contributed by atoms with Crippen LogP contribution in [0.5, 0.6) is 11.5 Å². The fraction of sp³-hybridized carbons (Fsp3) is 0.211. The average molecular weight is 360 g/mol. The highest BCUT2D eigenvalue weighted by atomic mass is 35.5. The number of carbonyl (C=O) groups excluding carboxylic acids is 1. The SMILES string of the molecule is CCOc1cc(C(=O)NC(C)c2cc3ccccc3o2)cc(Cl)c1O. The summed E-state index contributed by atoms with van der Waals surface area (Å²) in [5.74, 6) is 0.321. The van der Waals surface area contributed by atoms with Crippen LogP contribution >= 0.6 is 11.6 Å². The lowest BCUT2D eigenvalue weighted by Crippen LogP contribution is -2.26. The van der Waals surface area contributed by atoms with Gasteiger partial charge in [0.05, 0.1) is 17.7 Å². The van der Waals surface area contributed by atoms with Crippen LogP contribution in [0.3, 0.4) is 0 Å². The molecule has 0 spiro atoms. The van der Waals surface area contributed by atoms with Crippen LogP contribution < -0.4 is 10.1 Å². The van der Waals surface area contributed by atoms with Gasteiger partial charge in [0.1, 0.15) is 11.3 Å². The molecule has 0 fully saturated rings. The first kappa shape index (κ1) is 17.2. The minimum absolute atomic E-state index is 0.0625. The summed E-state index contributed by atoms with van der Waals surface area (Å²) in [5, 5.41) is 13.8. The normalized spacial score (nSPS) is 12.1. The number of benzene rings is 2. The van der Waals surface area contributed by atoms with E-state index in [2.05, 4.69) is 5.32 Å². The molecule has 1 atom stereocenters. The maximum Gasteiger partial charge on any atom is 0.252 e. The van der Waals surface area contributed by atoms with Crippen LogP contribution in [-0.2, 0) is 0 Å². The number of halogens is 1. The van der Waals surface area contributed by atoms with E-state index in [1.807, 2.05) is 37.3 Å². The second-order valence-electron chi connectivity index (χ2n) is 5.62. The van der Waals surface area contributed by atoms with E-state index >= 15 is 0 Å². The van der Waals surface area contributed by atoms with E-state index < -0.39 is 0 Å². The molecule has 0 saturated heterocycles. The molecule has 5 nitrogen and oxygen atoms in total. The Balaban J connectivity index is 1.81. The average Bonchev–Trinajstić information content (AvgIpc) is 3.03. The number of nitrogens with one attached hydrogen (secondary N) is 1. The van der Waals surface area contributed by atoms with Gasteiger partial charge in [-0.25, -0.2) is 0 Å². The van der Waals surface area contributed by atoms with Crippen LogP contribution in [0.4, 0.5) is 0 Å². The number of hydrogen-bond acceptors (Lipinski definition) is 4. The molecule has 3 aromatic rings. The van der Waals surface area contributed by atoms with Gasteiger partial charge in [0, 0.05) is 10.9 Å². The first-order chi connectivity index (χ1) is 12.0. The van der Waals surface area contributed by atoms with Crippen molar-refractivity contribution in [3.05, 3.63) is 58.8 Å². The lowest BCUT2D eigenvalue weighted by molar-refractivity contribution is 0.0935. The Kier molecular flexibility index (Phi) is 4.86. The van der Waals surface area contributed by atoms with Crippen LogP contribution in [0.2, 0.25) is 5.02 Å². The highest BCUT2D eigenvalue weighted by molar-refractivity contribution is 6.32. The van der Waals surface area contributed by atoms with Gasteiger partial charge in [0.25, 0.3) is 5.91 Å². The first-order valence-electron chi connectivity index (χ1n) is 7.94. The third kappa shape index (κ3) is 3.56. The van der Waals surface area contributed by atoms with Crippen molar-refractivity contribution in [3.63, 3.8) is 0 Å². The Morgan fingerprint density at radius 3 is 2.80 bits per heavy atom. The van der Waals surface area contributed by atoms with E-state index in [4.69, 9.17) is 20.8 Å². The van der Waals surface area contributed by atoms with Crippen LogP contribution in [0.15, 0.2) is 46.9 Å². The second kappa shape index (κ2) is 7.07. The van der Waals surface area contributed by atoms with Crippen molar-refractivity contribution >= 4 is 28.5 Å². The van der Waals surface area contributed by atoms with Gasteiger partial charge in [0.2, 0.25) is 0 Å². The summed E-state index contributed by atoms with van der Waals surface area (Å²) in [4.78, 5) is 12.5. The number of carbonyl (C=O) groups is 1. The van der Waals surface area contributed by atoms with E-state index in [-0.39, 0.29) is 28.5 Å². The maximum absolute atomic E-state index is 12.5. The van der Waals surface area contributed by atoms with Gasteiger partial charge >= 0.3 is 0 Å². The molecule has 0 radical (unpaired) electrons. The van der Waals surface area contributed by atoms with Crippen molar-refractivity contribution in [3.8, 4) is 11.5 Å². The van der Waals surface area contributed by atoms with Crippen molar-refractivity contribution in [2.45, 2.75) is 19.9 Å². The predicted octanol–water partition coefficient (Wildman–Crippen LogP) is 4.68. The van der Waals surface area contributed by atoms with Gasteiger partial charge in [-0.3, -0.25) is 4.79 Å². The molecule has 1 amide bonds. The maximum atomic E-state index is 12.5. The van der Waals surface area contributed by atoms with Crippen molar-refractivity contribution < 1.29 is 19.1 Å². The van der Waals surface area contributed by atoms with Crippen molar-refractivity contribution in [2.75, 3.05) is 6.61 Å². The molecular formula is C19H18ClNO4. The molecule has 0 aliphatic heterocycles. The van der Waals surface area contributed by atoms with E-state index in [1.54, 1.807) is 6.92 Å². The van der Waals surface area contributed by atoms with E-state index in [9.17, 15) is 9.90 Å². The smallest absolute Gasteiger partial charge is 0.252 e. The number of hydrogen-bond donors (Lipinski definition) is 2. The van der Waals surface area contributed by atoms with Gasteiger partial charge in [-0.15, -0.1) is 0 Å². The highest BCUT2D eigenvalue weighted by Crippen LogP contribution is 2.35. The Labute approximate surface area is 150 Å². The number of rotatable bonds is 5. The Morgan fingerprint density at radius 1 is 1.32 bits per heavy atom. The molecule has 1 heterocycles. The molecule has 1 unspecified atom stereocenters. The largest absolute Gasteiger partial charge is 0.503 e. The minimum Gasteiger partial charge on any atom is -0.503 e. The molecule has 130 valence electrons. The number of phenolic OH excluding ortho intramolecular Hbond substituents is 1. The highest BCUT2D eigenvalue weighted by Gasteiger charge is 2.18. The van der Waals surface area contributed by atoms with Crippen LogP contribution in [0, 0.1) is 0 Å². The summed E-state index contributed by atoms with van der Waals surface area (Å²) in [7, 11) is 0. The van der Waals surface area contributed by atoms with Crippen molar-refractivity contribution in [1.29, 1.82) is 0 Å². The number of furan rings is 1. The van der Waals surface area contributed by atoms with Crippen LogP contribution in [-0.4, -0.2) is 17.6 Å². The lowest BCUT2D eigenvalue weighted by atomic mass is 10.1. The topological polar surface area (TPSA) is 71.7 Å². The fourth-order valence-corrected chi connectivity index (χ4v) is 2.75. The first-order valence-corrected chi connectivity index (χ1v) is 8.32. The van der Waals surface area contributed by atoms with E-state index in [0.717, 1.165) is 11.0 Å². The molecule has 0 aliphatic rings. The Bertz CT molecular complexity index is 886. The molecule has 1 aromatic heterocycles. The third-order valence-corrected chi connectivity index (χ3v) is 4.10. The zero-order chi connectivity index (χ0) is 18.0. The summed E-state index contributed by atoms with van der Waals surface area (Å²) in [6.45, 7) is 3.97. The second-order valence-corrected chi connectivity index (χ2v) is 6.03. The number of para-hydroxylation sites is 1. The number of phenols is 1. The van der Waals surface area contributed by atoms with E-state index in [0.29, 0.717) is 17.9 Å². The van der Waals surface area contributed by atoms with Crippen LogP contribution in [0.25, 0.3) is 11.0 Å². The van der Waals surface area contributed by atoms with Gasteiger partial charge < -0.3 is 19.6 Å². The quantitative estimate of drug-likeness (QED) is 0.693. The van der Waals surface area contributed by atoms with Gasteiger partial charge in [-0.05, 0) is 38.1 Å². The van der Waals surface area contributed by atoms with E-state index in [1.165, 1.54) is 12.1 Å². The molecule has 0 bridgehead atoms. The molecule has 6 heteroatoms. The molecule has 25 heavy (non-hydrogen) atoms. The molecular weight excluding hydrogens is 342 g/mol. The summed E-state index contributed by atoms with van der Waals surface area (Å²) in [5.41, 5.74) is 1.07. The molecule has 0 aliphatic carbocycles. The molecule has 2 N–H and O–H groups in total. The molecule has 2 aromatic carbocycles. The van der Waals surface area contributed by atoms with Crippen molar-refractivity contribution in [1.82, 2.24) is 5.32 Å². The minimum atomic E-state index is -0.337. The van der Waals surface area contributed by atoms with Gasteiger partial charge in [-0.1, -0.05) is 29.8 Å². The van der Waals surface area contributed by atoms with Crippen LogP contribution in [0.1, 0.15) is 36.0 Å². The molecule has 3 rings (SSSR count). The van der Waals surface area contributed by atoms with Crippen molar-refractivity contribution in [2.24, 2.45) is 0 Å². The Morgan fingerprint density at radius 2 is 2.08 bits per heavy atom. The summed E-state index contributed by atoms with van der Waals surface area (Å²) in [6, 6.07) is 12.1. The summed E-state index contributed by atoms with van der Waals surface area (Å²) < 4.78 is 11.1. The monoisotopic (exact) mass is 359 g/mol. The Hall–Kier alpha value is -2.66. The number of fused-ring (bicyclic) bond motifs is 1. The zero-order valence-electron chi connectivity index (χ0n) is 13.9. The number of aromatic hydroxyl groups is 1. The van der Waals surface area contributed by atoms with Gasteiger partial charge in [0.15, 0.2) is 11.5 Å². The van der Waals surface area contributed by atoms with Gasteiger partial charge in [-0.2, -0.15) is 0 Å². The zero-order valence-corrected chi connectivity index (χ0v) is 14.6.